The molecule has 0 radical (unpaired) electrons. The van der Waals surface area contributed by atoms with Crippen LogP contribution in [0.3, 0.4) is 0 Å². The van der Waals surface area contributed by atoms with Gasteiger partial charge in [0.2, 0.25) is 5.91 Å². The monoisotopic (exact) mass is 502 g/mol. The van der Waals surface area contributed by atoms with Gasteiger partial charge in [-0.05, 0) is 47.1 Å². The van der Waals surface area contributed by atoms with Crippen LogP contribution in [-0.4, -0.2) is 48.8 Å². The van der Waals surface area contributed by atoms with E-state index in [0.717, 1.165) is 40.7 Å². The molecular weight excluding hydrogens is 468 g/mol. The van der Waals surface area contributed by atoms with Crippen molar-refractivity contribution in [2.45, 2.75) is 18.3 Å². The van der Waals surface area contributed by atoms with E-state index in [1.807, 2.05) is 83.8 Å². The van der Waals surface area contributed by atoms with E-state index in [0.29, 0.717) is 13.1 Å². The molecule has 0 spiro atoms. The Kier molecular flexibility index (Phi) is 7.41. The van der Waals surface area contributed by atoms with Gasteiger partial charge in [-0.3, -0.25) is 9.59 Å². The lowest BCUT2D eigenvalue weighted by Crippen LogP contribution is -2.47. The second-order valence-corrected chi connectivity index (χ2v) is 10.3. The second-order valence-electron chi connectivity index (χ2n) is 10.3. The van der Waals surface area contributed by atoms with Gasteiger partial charge in [0, 0.05) is 32.7 Å². The molecule has 1 atom stereocenters. The zero-order valence-corrected chi connectivity index (χ0v) is 22.1. The van der Waals surface area contributed by atoms with Crippen LogP contribution in [0.2, 0.25) is 0 Å². The van der Waals surface area contributed by atoms with Crippen molar-refractivity contribution in [3.63, 3.8) is 0 Å². The van der Waals surface area contributed by atoms with Gasteiger partial charge in [0.25, 0.3) is 5.91 Å². The highest BCUT2D eigenvalue weighted by Crippen LogP contribution is 2.42. The molecule has 4 aromatic carbocycles. The van der Waals surface area contributed by atoms with Gasteiger partial charge < -0.3 is 9.80 Å². The molecule has 4 heteroatoms. The summed E-state index contributed by atoms with van der Waals surface area (Å²) in [5.74, 6) is 0.402. The lowest BCUT2D eigenvalue weighted by molar-refractivity contribution is -0.133. The third-order valence-corrected chi connectivity index (χ3v) is 7.68. The minimum atomic E-state index is -0.947. The summed E-state index contributed by atoms with van der Waals surface area (Å²) in [5, 5.41) is 0. The third kappa shape index (κ3) is 4.74. The van der Waals surface area contributed by atoms with E-state index in [1.54, 1.807) is 19.0 Å². The first kappa shape index (κ1) is 25.5. The Bertz CT molecular complexity index is 1290. The molecule has 1 heterocycles. The summed E-state index contributed by atoms with van der Waals surface area (Å²) < 4.78 is 0. The summed E-state index contributed by atoms with van der Waals surface area (Å²) in [6.45, 7) is 1.36. The average molecular weight is 503 g/mol. The van der Waals surface area contributed by atoms with Crippen LogP contribution in [0.1, 0.15) is 39.0 Å². The summed E-state index contributed by atoms with van der Waals surface area (Å²) >= 11 is 0. The van der Waals surface area contributed by atoms with Crippen molar-refractivity contribution in [2.75, 3.05) is 27.2 Å². The molecule has 38 heavy (non-hydrogen) atoms. The Morgan fingerprint density at radius 2 is 1.21 bits per heavy atom. The van der Waals surface area contributed by atoms with Gasteiger partial charge in [-0.25, -0.2) is 0 Å². The quantitative estimate of drug-likeness (QED) is 0.299. The molecule has 5 rings (SSSR count). The van der Waals surface area contributed by atoms with Gasteiger partial charge in [-0.15, -0.1) is 0 Å². The first-order valence-electron chi connectivity index (χ1n) is 13.3. The Morgan fingerprint density at radius 1 is 0.737 bits per heavy atom. The molecule has 1 aliphatic rings. The van der Waals surface area contributed by atoms with Gasteiger partial charge in [-0.2, -0.15) is 0 Å². The molecule has 0 aromatic heterocycles. The normalized spacial score (nSPS) is 15.3. The SMILES string of the molecule is CN(C)C(=O)c1ccccc1CC1CCN(C(=O)C(c2ccccc2)(c2ccccc2)c2ccccc2)C1. The van der Waals surface area contributed by atoms with E-state index in [-0.39, 0.29) is 17.7 Å². The maximum atomic E-state index is 14.8. The molecule has 1 unspecified atom stereocenters. The molecule has 0 N–H and O–H groups in total. The van der Waals surface area contributed by atoms with Gasteiger partial charge in [0.05, 0.1) is 0 Å². The van der Waals surface area contributed by atoms with Crippen LogP contribution < -0.4 is 0 Å². The number of likely N-dealkylation sites (tertiary alicyclic amines) is 1. The fourth-order valence-electron chi connectivity index (χ4n) is 5.81. The molecule has 1 fully saturated rings. The number of rotatable bonds is 7. The lowest BCUT2D eigenvalue weighted by Gasteiger charge is -2.37. The average Bonchev–Trinajstić information content (AvgIpc) is 3.43. The standard InChI is InChI=1S/C34H34N2O2/c1-35(2)32(37)31-21-13-12-14-27(31)24-26-22-23-36(25-26)33(38)34(28-15-6-3-7-16-28,29-17-8-4-9-18-29)30-19-10-5-11-20-30/h3-21,26H,22-25H2,1-2H3. The van der Waals surface area contributed by atoms with Crippen LogP contribution in [-0.2, 0) is 16.6 Å². The van der Waals surface area contributed by atoms with Crippen LogP contribution in [0.5, 0.6) is 0 Å². The van der Waals surface area contributed by atoms with Crippen molar-refractivity contribution in [3.8, 4) is 0 Å². The highest BCUT2D eigenvalue weighted by Gasteiger charge is 2.47. The number of carbonyl (C=O) groups is 2. The summed E-state index contributed by atoms with van der Waals surface area (Å²) in [7, 11) is 3.57. The number of carbonyl (C=O) groups excluding carboxylic acids is 2. The van der Waals surface area contributed by atoms with E-state index < -0.39 is 5.41 Å². The Hall–Kier alpha value is -4.18. The molecular formula is C34H34N2O2. The number of nitrogens with zero attached hydrogens (tertiary/aromatic N) is 2. The fourth-order valence-corrected chi connectivity index (χ4v) is 5.81. The molecule has 4 aromatic rings. The van der Waals surface area contributed by atoms with Crippen molar-refractivity contribution in [1.29, 1.82) is 0 Å². The first-order valence-corrected chi connectivity index (χ1v) is 13.3. The van der Waals surface area contributed by atoms with Crippen molar-refractivity contribution in [2.24, 2.45) is 5.92 Å². The molecule has 0 saturated carbocycles. The Morgan fingerprint density at radius 3 is 1.71 bits per heavy atom. The highest BCUT2D eigenvalue weighted by atomic mass is 16.2. The van der Waals surface area contributed by atoms with Crippen LogP contribution in [0.25, 0.3) is 0 Å². The van der Waals surface area contributed by atoms with E-state index in [4.69, 9.17) is 0 Å². The number of hydrogen-bond donors (Lipinski definition) is 0. The van der Waals surface area contributed by atoms with Crippen molar-refractivity contribution >= 4 is 11.8 Å². The van der Waals surface area contributed by atoms with Crippen molar-refractivity contribution in [1.82, 2.24) is 9.80 Å². The minimum Gasteiger partial charge on any atom is -0.345 e. The predicted octanol–water partition coefficient (Wildman–Crippen LogP) is 5.81. The Balaban J connectivity index is 1.51. The van der Waals surface area contributed by atoms with Crippen molar-refractivity contribution in [3.05, 3.63) is 143 Å². The molecule has 192 valence electrons. The van der Waals surface area contributed by atoms with E-state index in [2.05, 4.69) is 36.4 Å². The van der Waals surface area contributed by atoms with E-state index in [9.17, 15) is 9.59 Å². The molecule has 2 amide bonds. The van der Waals surface area contributed by atoms with Crippen molar-refractivity contribution < 1.29 is 9.59 Å². The van der Waals surface area contributed by atoms with Crippen LogP contribution in [0.15, 0.2) is 115 Å². The minimum absolute atomic E-state index is 0.0165. The van der Waals surface area contributed by atoms with E-state index >= 15 is 0 Å². The van der Waals surface area contributed by atoms with Crippen LogP contribution in [0.4, 0.5) is 0 Å². The van der Waals surface area contributed by atoms with Crippen LogP contribution in [0, 0.1) is 5.92 Å². The molecule has 0 bridgehead atoms. The third-order valence-electron chi connectivity index (χ3n) is 7.68. The number of benzene rings is 4. The van der Waals surface area contributed by atoms with E-state index in [1.165, 1.54) is 0 Å². The predicted molar refractivity (Wildman–Crippen MR) is 152 cm³/mol. The second kappa shape index (κ2) is 11.1. The van der Waals surface area contributed by atoms with Gasteiger partial charge in [0.15, 0.2) is 0 Å². The molecule has 1 saturated heterocycles. The maximum Gasteiger partial charge on any atom is 0.253 e. The maximum absolute atomic E-state index is 14.8. The van der Waals surface area contributed by atoms with Gasteiger partial charge >= 0.3 is 0 Å². The van der Waals surface area contributed by atoms with Gasteiger partial charge in [0.1, 0.15) is 5.41 Å². The number of hydrogen-bond acceptors (Lipinski definition) is 2. The molecule has 0 aliphatic carbocycles. The lowest BCUT2D eigenvalue weighted by atomic mass is 9.68. The molecule has 4 nitrogen and oxygen atoms in total. The smallest absolute Gasteiger partial charge is 0.253 e. The summed E-state index contributed by atoms with van der Waals surface area (Å²) in [6.07, 6.45) is 1.68. The zero-order chi connectivity index (χ0) is 26.5. The fraction of sp³-hybridized carbons (Fsp3) is 0.235. The summed E-state index contributed by atoms with van der Waals surface area (Å²) in [6, 6.07) is 38.3. The van der Waals surface area contributed by atoms with Gasteiger partial charge in [-0.1, -0.05) is 109 Å². The largest absolute Gasteiger partial charge is 0.345 e. The number of amides is 2. The first-order chi connectivity index (χ1) is 18.5. The summed E-state index contributed by atoms with van der Waals surface area (Å²) in [4.78, 5) is 31.2. The topological polar surface area (TPSA) is 40.6 Å². The summed E-state index contributed by atoms with van der Waals surface area (Å²) in [5.41, 5.74) is 3.74. The van der Waals surface area contributed by atoms with Crippen LogP contribution >= 0.6 is 0 Å². The highest BCUT2D eigenvalue weighted by molar-refractivity contribution is 5.97. The molecule has 1 aliphatic heterocycles. The zero-order valence-electron chi connectivity index (χ0n) is 22.1. The Labute approximate surface area is 225 Å².